The second-order valence-electron chi connectivity index (χ2n) is 3.95. The predicted molar refractivity (Wildman–Crippen MR) is 68.0 cm³/mol. The molecule has 14 heavy (non-hydrogen) atoms. The van der Waals surface area contributed by atoms with Gasteiger partial charge in [0.15, 0.2) is 0 Å². The highest BCUT2D eigenvalue weighted by atomic mass is 28.4. The van der Waals surface area contributed by atoms with Crippen molar-refractivity contribution in [3.8, 4) is 0 Å². The lowest BCUT2D eigenvalue weighted by atomic mass is 10.9. The Kier molecular flexibility index (Phi) is 6.15. The zero-order valence-corrected chi connectivity index (χ0v) is 12.5. The summed E-state index contributed by atoms with van der Waals surface area (Å²) in [7, 11) is 0.686. The maximum atomic E-state index is 5.60. The van der Waals surface area contributed by atoms with Crippen molar-refractivity contribution in [3.05, 3.63) is 0 Å². The maximum absolute atomic E-state index is 5.60. The van der Waals surface area contributed by atoms with Gasteiger partial charge in [-0.1, -0.05) is 20.8 Å². The smallest absolute Gasteiger partial charge is 0.341 e. The van der Waals surface area contributed by atoms with E-state index in [-0.39, 0.29) is 0 Å². The van der Waals surface area contributed by atoms with Gasteiger partial charge in [0.05, 0.1) is 0 Å². The minimum atomic E-state index is -1.83. The molecular formula is C9H26N2OSi2. The molecule has 0 radical (unpaired) electrons. The van der Waals surface area contributed by atoms with Crippen molar-refractivity contribution in [2.45, 2.75) is 45.5 Å². The van der Waals surface area contributed by atoms with Crippen molar-refractivity contribution in [3.63, 3.8) is 0 Å². The fourth-order valence-electron chi connectivity index (χ4n) is 1.74. The lowest BCUT2D eigenvalue weighted by Gasteiger charge is -2.37. The van der Waals surface area contributed by atoms with Gasteiger partial charge in [0.2, 0.25) is 0 Å². The Morgan fingerprint density at radius 3 is 1.71 bits per heavy atom. The standard InChI is InChI=1S/C9H26N2OSi2/c1-7-14(8-2,9-3)11-13(6,10-4)12-5/h10-11H,7-9H2,1-6H3. The van der Waals surface area contributed by atoms with E-state index in [0.29, 0.717) is 0 Å². The zero-order valence-electron chi connectivity index (χ0n) is 10.5. The van der Waals surface area contributed by atoms with Crippen LogP contribution in [0.2, 0.25) is 24.7 Å². The summed E-state index contributed by atoms with van der Waals surface area (Å²) < 4.78 is 9.44. The summed E-state index contributed by atoms with van der Waals surface area (Å²) in [5.41, 5.74) is 0. The normalized spacial score (nSPS) is 16.7. The first-order chi connectivity index (χ1) is 6.51. The molecule has 0 aromatic heterocycles. The molecule has 0 saturated heterocycles. The van der Waals surface area contributed by atoms with Crippen molar-refractivity contribution < 1.29 is 4.43 Å². The second-order valence-corrected chi connectivity index (χ2v) is 12.6. The number of hydrogen-bond acceptors (Lipinski definition) is 3. The molecule has 1 atom stereocenters. The first-order valence-corrected chi connectivity index (χ1v) is 10.6. The molecule has 0 rings (SSSR count). The molecule has 0 saturated carbocycles. The van der Waals surface area contributed by atoms with Crippen molar-refractivity contribution in [1.29, 1.82) is 0 Å². The molecule has 0 amide bonds. The van der Waals surface area contributed by atoms with E-state index in [2.05, 4.69) is 36.9 Å². The van der Waals surface area contributed by atoms with Crippen LogP contribution in [-0.2, 0) is 4.43 Å². The Morgan fingerprint density at radius 1 is 1.07 bits per heavy atom. The molecule has 0 bridgehead atoms. The summed E-state index contributed by atoms with van der Waals surface area (Å²) in [5, 5.41) is 0. The van der Waals surface area contributed by atoms with E-state index < -0.39 is 16.9 Å². The van der Waals surface area contributed by atoms with E-state index in [0.717, 1.165) is 0 Å². The first-order valence-electron chi connectivity index (χ1n) is 5.54. The van der Waals surface area contributed by atoms with Crippen LogP contribution in [0, 0.1) is 0 Å². The summed E-state index contributed by atoms with van der Waals surface area (Å²) in [6.07, 6.45) is 0. The third-order valence-electron chi connectivity index (χ3n) is 3.42. The van der Waals surface area contributed by atoms with Gasteiger partial charge in [0.1, 0.15) is 8.24 Å². The Labute approximate surface area is 91.0 Å². The van der Waals surface area contributed by atoms with Gasteiger partial charge in [-0.2, -0.15) is 0 Å². The van der Waals surface area contributed by atoms with Crippen LogP contribution >= 0.6 is 0 Å². The van der Waals surface area contributed by atoms with Gasteiger partial charge in [0, 0.05) is 7.11 Å². The van der Waals surface area contributed by atoms with Crippen LogP contribution in [0.15, 0.2) is 0 Å². The highest BCUT2D eigenvalue weighted by molar-refractivity contribution is 6.89. The molecular weight excluding hydrogens is 208 g/mol. The van der Waals surface area contributed by atoms with Gasteiger partial charge in [-0.15, -0.1) is 0 Å². The van der Waals surface area contributed by atoms with Gasteiger partial charge in [0.25, 0.3) is 0 Å². The molecule has 0 spiro atoms. The van der Waals surface area contributed by atoms with Gasteiger partial charge in [-0.3, -0.25) is 0 Å². The third-order valence-corrected chi connectivity index (χ3v) is 13.3. The molecule has 0 aromatic rings. The van der Waals surface area contributed by atoms with Crippen LogP contribution in [0.3, 0.4) is 0 Å². The molecule has 1 unspecified atom stereocenters. The van der Waals surface area contributed by atoms with Crippen LogP contribution in [0.4, 0.5) is 0 Å². The van der Waals surface area contributed by atoms with Gasteiger partial charge in [-0.05, 0) is 31.7 Å². The molecule has 0 aromatic carbocycles. The Morgan fingerprint density at radius 2 is 1.50 bits per heavy atom. The Bertz CT molecular complexity index is 151. The molecule has 86 valence electrons. The lowest BCUT2D eigenvalue weighted by molar-refractivity contribution is 0.382. The maximum Gasteiger partial charge on any atom is 0.341 e. The third kappa shape index (κ3) is 3.47. The molecule has 0 fully saturated rings. The van der Waals surface area contributed by atoms with Gasteiger partial charge in [-0.25, -0.2) is 0 Å². The van der Waals surface area contributed by atoms with Crippen molar-refractivity contribution in [1.82, 2.24) is 9.63 Å². The molecule has 0 aliphatic rings. The number of rotatable bonds is 7. The number of hydrogen-bond donors (Lipinski definition) is 2. The van der Waals surface area contributed by atoms with E-state index in [4.69, 9.17) is 4.43 Å². The Balaban J connectivity index is 4.56. The minimum absolute atomic E-state index is 1.27. The van der Waals surface area contributed by atoms with Crippen LogP contribution in [0.25, 0.3) is 0 Å². The van der Waals surface area contributed by atoms with E-state index >= 15 is 0 Å². The quantitative estimate of drug-likeness (QED) is 0.661. The van der Waals surface area contributed by atoms with Gasteiger partial charge >= 0.3 is 8.64 Å². The molecule has 0 heterocycles. The van der Waals surface area contributed by atoms with Crippen molar-refractivity contribution in [2.24, 2.45) is 0 Å². The van der Waals surface area contributed by atoms with E-state index in [1.807, 2.05) is 7.05 Å². The van der Waals surface area contributed by atoms with E-state index in [1.165, 1.54) is 18.1 Å². The summed E-state index contributed by atoms with van der Waals surface area (Å²) in [6.45, 7) is 9.08. The lowest BCUT2D eigenvalue weighted by Crippen LogP contribution is -2.70. The highest BCUT2D eigenvalue weighted by Crippen LogP contribution is 2.18. The number of nitrogens with one attached hydrogen (secondary N) is 2. The van der Waals surface area contributed by atoms with E-state index in [1.54, 1.807) is 7.11 Å². The summed E-state index contributed by atoms with van der Waals surface area (Å²) in [5.74, 6) is 0. The van der Waals surface area contributed by atoms with Crippen molar-refractivity contribution >= 4 is 16.9 Å². The molecule has 2 N–H and O–H groups in total. The van der Waals surface area contributed by atoms with Crippen LogP contribution in [0.5, 0.6) is 0 Å². The average Bonchev–Trinajstić information content (AvgIpc) is 2.26. The summed E-state index contributed by atoms with van der Waals surface area (Å²) >= 11 is 0. The molecule has 0 aliphatic heterocycles. The average molecular weight is 234 g/mol. The topological polar surface area (TPSA) is 33.3 Å². The molecule has 5 heteroatoms. The largest absolute Gasteiger partial charge is 0.396 e. The van der Waals surface area contributed by atoms with E-state index in [9.17, 15) is 0 Å². The summed E-state index contributed by atoms with van der Waals surface area (Å²) in [6, 6.07) is 3.86. The first kappa shape index (κ1) is 14.3. The minimum Gasteiger partial charge on any atom is -0.396 e. The SMILES string of the molecule is CC[Si](CC)(CC)N[Si](C)(NC)OC. The Hall–Kier alpha value is 0.314. The monoisotopic (exact) mass is 234 g/mol. The molecule has 0 aliphatic carbocycles. The van der Waals surface area contributed by atoms with Crippen LogP contribution < -0.4 is 9.63 Å². The zero-order chi connectivity index (χ0) is 11.2. The van der Waals surface area contributed by atoms with Gasteiger partial charge < -0.3 is 14.1 Å². The fraction of sp³-hybridized carbons (Fsp3) is 1.00. The predicted octanol–water partition coefficient (Wildman–Crippen LogP) is 2.02. The van der Waals surface area contributed by atoms with Crippen LogP contribution in [-0.4, -0.2) is 31.0 Å². The highest BCUT2D eigenvalue weighted by Gasteiger charge is 2.37. The van der Waals surface area contributed by atoms with Crippen molar-refractivity contribution in [2.75, 3.05) is 14.2 Å². The molecule has 3 nitrogen and oxygen atoms in total. The summed E-state index contributed by atoms with van der Waals surface area (Å²) in [4.78, 5) is 3.33. The van der Waals surface area contributed by atoms with Crippen LogP contribution in [0.1, 0.15) is 20.8 Å². The second kappa shape index (κ2) is 6.02. The fourth-order valence-corrected chi connectivity index (χ4v) is 10.5.